The number of carbonyl (C=O) groups excluding carboxylic acids is 1. The van der Waals surface area contributed by atoms with Gasteiger partial charge in [0.25, 0.3) is 5.91 Å². The third-order valence-electron chi connectivity index (χ3n) is 6.62. The van der Waals surface area contributed by atoms with E-state index in [4.69, 9.17) is 26.8 Å². The van der Waals surface area contributed by atoms with Crippen molar-refractivity contribution >= 4 is 57.6 Å². The number of thiocarbonyl (C=S) groups is 1. The molecule has 1 saturated heterocycles. The van der Waals surface area contributed by atoms with Crippen molar-refractivity contribution in [1.29, 1.82) is 0 Å². The topological polar surface area (TPSA) is 79.3 Å². The summed E-state index contributed by atoms with van der Waals surface area (Å²) in [4.78, 5) is 27.7. The standard InChI is InChI=1S/C24H20N2O5S2/c27-22(28)11-25-23(29)21(33-24(25)32)9-13-4-6-18-16(8-13)15-2-1-3-17(15)26(18)14-5-7-19-20(10-14)31-12-30-19/h4-10,15,17H,1-3,11-12H2,(H,27,28). The Bertz CT molecular complexity index is 1240. The second-order valence-corrected chi connectivity index (χ2v) is 10.2. The molecule has 2 aromatic rings. The molecule has 1 amide bonds. The maximum absolute atomic E-state index is 12.7. The first-order chi connectivity index (χ1) is 16.0. The van der Waals surface area contributed by atoms with Crippen LogP contribution in [0, 0.1) is 0 Å². The van der Waals surface area contributed by atoms with E-state index in [1.807, 2.05) is 18.2 Å². The summed E-state index contributed by atoms with van der Waals surface area (Å²) in [5.74, 6) is 0.544. The molecule has 2 unspecified atom stereocenters. The molecule has 9 heteroatoms. The van der Waals surface area contributed by atoms with Gasteiger partial charge in [-0.1, -0.05) is 36.5 Å². The fourth-order valence-corrected chi connectivity index (χ4v) is 6.51. The first-order valence-corrected chi connectivity index (χ1v) is 12.0. The van der Waals surface area contributed by atoms with Crippen molar-refractivity contribution in [1.82, 2.24) is 4.90 Å². The summed E-state index contributed by atoms with van der Waals surface area (Å²) in [6.45, 7) is -0.163. The van der Waals surface area contributed by atoms with Crippen LogP contribution in [0.2, 0.25) is 0 Å². The molecular formula is C24H20N2O5S2. The highest BCUT2D eigenvalue weighted by molar-refractivity contribution is 8.26. The summed E-state index contributed by atoms with van der Waals surface area (Å²) in [5, 5.41) is 9.05. The maximum Gasteiger partial charge on any atom is 0.323 e. The van der Waals surface area contributed by atoms with Crippen LogP contribution in [0.15, 0.2) is 41.3 Å². The predicted octanol–water partition coefficient (Wildman–Crippen LogP) is 4.49. The number of carboxylic acids is 1. The van der Waals surface area contributed by atoms with Crippen molar-refractivity contribution in [2.24, 2.45) is 0 Å². The van der Waals surface area contributed by atoms with E-state index in [0.717, 1.165) is 52.3 Å². The van der Waals surface area contributed by atoms with Gasteiger partial charge < -0.3 is 19.5 Å². The number of nitrogens with zero attached hydrogens (tertiary/aromatic N) is 2. The monoisotopic (exact) mass is 480 g/mol. The zero-order valence-electron chi connectivity index (χ0n) is 17.5. The van der Waals surface area contributed by atoms with Gasteiger partial charge in [-0.3, -0.25) is 14.5 Å². The smallest absolute Gasteiger partial charge is 0.323 e. The average Bonchev–Trinajstić information content (AvgIpc) is 3.55. The zero-order valence-corrected chi connectivity index (χ0v) is 19.2. The second kappa shape index (κ2) is 7.78. The van der Waals surface area contributed by atoms with Crippen molar-refractivity contribution in [3.05, 3.63) is 52.4 Å². The minimum atomic E-state index is -1.08. The van der Waals surface area contributed by atoms with Crippen LogP contribution in [-0.4, -0.2) is 45.6 Å². The molecule has 3 heterocycles. The number of hydrogen-bond donors (Lipinski definition) is 1. The van der Waals surface area contributed by atoms with Gasteiger partial charge in [0.15, 0.2) is 11.5 Å². The number of hydrogen-bond acceptors (Lipinski definition) is 7. The van der Waals surface area contributed by atoms with E-state index in [0.29, 0.717) is 16.9 Å². The van der Waals surface area contributed by atoms with Crippen molar-refractivity contribution in [2.75, 3.05) is 18.2 Å². The molecule has 33 heavy (non-hydrogen) atoms. The Kier molecular flexibility index (Phi) is 4.84. The van der Waals surface area contributed by atoms with E-state index in [9.17, 15) is 9.59 Å². The Balaban J connectivity index is 1.34. The maximum atomic E-state index is 12.7. The number of benzene rings is 2. The molecule has 168 valence electrons. The van der Waals surface area contributed by atoms with Gasteiger partial charge in [0.05, 0.1) is 4.91 Å². The number of amides is 1. The predicted molar refractivity (Wildman–Crippen MR) is 129 cm³/mol. The van der Waals surface area contributed by atoms with Crippen LogP contribution in [0.25, 0.3) is 6.08 Å². The average molecular weight is 481 g/mol. The lowest BCUT2D eigenvalue weighted by atomic mass is 9.96. The number of carboxylic acid groups (broad SMARTS) is 1. The highest BCUT2D eigenvalue weighted by Gasteiger charge is 2.42. The number of aliphatic carboxylic acids is 1. The lowest BCUT2D eigenvalue weighted by Crippen LogP contribution is -2.33. The van der Waals surface area contributed by atoms with Gasteiger partial charge in [-0.2, -0.15) is 0 Å². The van der Waals surface area contributed by atoms with Crippen LogP contribution in [0.4, 0.5) is 11.4 Å². The third-order valence-corrected chi connectivity index (χ3v) is 8.00. The molecule has 0 radical (unpaired) electrons. The third kappa shape index (κ3) is 3.38. The van der Waals surface area contributed by atoms with E-state index in [1.54, 1.807) is 0 Å². The number of fused-ring (bicyclic) bond motifs is 4. The number of anilines is 2. The van der Waals surface area contributed by atoms with Crippen LogP contribution >= 0.6 is 24.0 Å². The summed E-state index contributed by atoms with van der Waals surface area (Å²) in [6.07, 6.45) is 5.24. The molecular weight excluding hydrogens is 460 g/mol. The van der Waals surface area contributed by atoms with Crippen molar-refractivity contribution in [3.63, 3.8) is 0 Å². The number of thioether (sulfide) groups is 1. The van der Waals surface area contributed by atoms with E-state index in [-0.39, 0.29) is 17.0 Å². The highest BCUT2D eigenvalue weighted by atomic mass is 32.2. The van der Waals surface area contributed by atoms with Crippen LogP contribution in [0.3, 0.4) is 0 Å². The zero-order chi connectivity index (χ0) is 22.7. The quantitative estimate of drug-likeness (QED) is 0.507. The Labute approximate surface area is 200 Å². The van der Waals surface area contributed by atoms with Gasteiger partial charge in [0.1, 0.15) is 10.9 Å². The molecule has 0 aromatic heterocycles. The van der Waals surface area contributed by atoms with E-state index in [1.165, 1.54) is 17.7 Å². The van der Waals surface area contributed by atoms with Gasteiger partial charge in [-0.25, -0.2) is 0 Å². The first kappa shape index (κ1) is 20.6. The molecule has 7 nitrogen and oxygen atoms in total. The van der Waals surface area contributed by atoms with Crippen molar-refractivity contribution in [3.8, 4) is 11.5 Å². The molecule has 1 aliphatic carbocycles. The largest absolute Gasteiger partial charge is 0.480 e. The summed E-state index contributed by atoms with van der Waals surface area (Å²) >= 11 is 6.36. The SMILES string of the molecule is O=C(O)CN1C(=O)C(=Cc2ccc3c(c2)C2CCCC2N3c2ccc3c(c2)OCO3)SC1=S. The number of rotatable bonds is 4. The molecule has 1 N–H and O–H groups in total. The molecule has 2 aromatic carbocycles. The Morgan fingerprint density at radius 3 is 2.88 bits per heavy atom. The first-order valence-electron chi connectivity index (χ1n) is 10.8. The minimum absolute atomic E-state index is 0.253. The lowest BCUT2D eigenvalue weighted by molar-refractivity contribution is -0.140. The fraction of sp³-hybridized carbons (Fsp3) is 0.292. The molecule has 1 saturated carbocycles. The molecule has 4 aliphatic rings. The molecule has 6 rings (SSSR count). The highest BCUT2D eigenvalue weighted by Crippen LogP contribution is 2.53. The van der Waals surface area contributed by atoms with Gasteiger partial charge in [0.2, 0.25) is 6.79 Å². The minimum Gasteiger partial charge on any atom is -0.480 e. The fourth-order valence-electron chi connectivity index (χ4n) is 5.26. The van der Waals surface area contributed by atoms with Gasteiger partial charge in [0, 0.05) is 29.4 Å². The summed E-state index contributed by atoms with van der Waals surface area (Å²) in [5.41, 5.74) is 4.48. The summed E-state index contributed by atoms with van der Waals surface area (Å²) < 4.78 is 11.4. The van der Waals surface area contributed by atoms with Gasteiger partial charge >= 0.3 is 5.97 Å². The van der Waals surface area contributed by atoms with E-state index >= 15 is 0 Å². The van der Waals surface area contributed by atoms with E-state index in [2.05, 4.69) is 29.2 Å². The molecule has 3 aliphatic heterocycles. The van der Waals surface area contributed by atoms with E-state index < -0.39 is 12.5 Å². The lowest BCUT2D eigenvalue weighted by Gasteiger charge is -2.27. The van der Waals surface area contributed by atoms with Crippen molar-refractivity contribution in [2.45, 2.75) is 31.2 Å². The molecule has 2 atom stereocenters. The molecule has 2 fully saturated rings. The Morgan fingerprint density at radius 2 is 2.03 bits per heavy atom. The van der Waals surface area contributed by atoms with Crippen LogP contribution in [-0.2, 0) is 9.59 Å². The number of ether oxygens (including phenoxy) is 2. The van der Waals surface area contributed by atoms with Gasteiger partial charge in [-0.15, -0.1) is 0 Å². The van der Waals surface area contributed by atoms with Crippen LogP contribution < -0.4 is 14.4 Å². The second-order valence-electron chi connectivity index (χ2n) is 8.49. The molecule has 0 bridgehead atoms. The Hall–Kier alpha value is -3.04. The normalized spacial score (nSPS) is 24.1. The number of carbonyl (C=O) groups is 2. The Morgan fingerprint density at radius 1 is 1.18 bits per heavy atom. The van der Waals surface area contributed by atoms with Gasteiger partial charge in [-0.05, 0) is 54.3 Å². The molecule has 0 spiro atoms. The summed E-state index contributed by atoms with van der Waals surface area (Å²) in [7, 11) is 0. The summed E-state index contributed by atoms with van der Waals surface area (Å²) in [6, 6.07) is 12.8. The van der Waals surface area contributed by atoms with Crippen LogP contribution in [0.5, 0.6) is 11.5 Å². The van der Waals surface area contributed by atoms with Crippen molar-refractivity contribution < 1.29 is 24.2 Å². The van der Waals surface area contributed by atoms with Crippen LogP contribution in [0.1, 0.15) is 36.3 Å².